The zero-order valence-corrected chi connectivity index (χ0v) is 17.6. The number of unbranched alkanes of at least 4 members (excludes halogenated alkanes) is 1. The molecule has 31 heavy (non-hydrogen) atoms. The third-order valence-corrected chi connectivity index (χ3v) is 6.91. The number of alkyl halides is 3. The molecule has 0 unspecified atom stereocenters. The van der Waals surface area contributed by atoms with Crippen LogP contribution in [0.2, 0.25) is 0 Å². The molecule has 0 bridgehead atoms. The van der Waals surface area contributed by atoms with Gasteiger partial charge in [-0.2, -0.15) is 13.2 Å². The van der Waals surface area contributed by atoms with Gasteiger partial charge in [0.1, 0.15) is 11.6 Å². The van der Waals surface area contributed by atoms with Gasteiger partial charge in [-0.05, 0) is 91.2 Å². The quantitative estimate of drug-likeness (QED) is 0.334. The van der Waals surface area contributed by atoms with Gasteiger partial charge in [-0.15, -0.1) is 0 Å². The summed E-state index contributed by atoms with van der Waals surface area (Å²) in [5, 5.41) is 0. The largest absolute Gasteiger partial charge is 0.416 e. The molecule has 0 spiro atoms. The molecule has 2 aromatic rings. The predicted molar refractivity (Wildman–Crippen MR) is 113 cm³/mol. The molecular weight excluding hydrogens is 407 g/mol. The molecule has 0 heterocycles. The van der Waals surface area contributed by atoms with Crippen LogP contribution in [-0.2, 0) is 12.6 Å². The maximum absolute atomic E-state index is 15.4. The average Bonchev–Trinajstić information content (AvgIpc) is 2.73. The minimum Gasteiger partial charge on any atom is -0.206 e. The summed E-state index contributed by atoms with van der Waals surface area (Å²) in [4.78, 5) is 0. The average molecular weight is 434 g/mol. The standard InChI is InChI=1S/C26H27F5/c1-2-3-4-5-16-6-12-20-18(14-16)9-13-21-22(20)15-23(27)24(25(21)28)17-7-10-19(11-8-17)26(29,30)31/h4-5,7-8,10-11,15-16,18,20H,2-3,6,9,12-14H2,1H3/b5-4+/t16-,18-,20+/m1/s1. The lowest BCUT2D eigenvalue weighted by Crippen LogP contribution is -2.28. The van der Waals surface area contributed by atoms with Crippen LogP contribution in [0.25, 0.3) is 11.1 Å². The Morgan fingerprint density at radius 3 is 2.45 bits per heavy atom. The summed E-state index contributed by atoms with van der Waals surface area (Å²) >= 11 is 0. The Morgan fingerprint density at radius 2 is 1.77 bits per heavy atom. The van der Waals surface area contributed by atoms with Gasteiger partial charge in [-0.25, -0.2) is 8.78 Å². The molecule has 2 aliphatic rings. The number of rotatable bonds is 4. The lowest BCUT2D eigenvalue weighted by molar-refractivity contribution is -0.137. The first-order valence-electron chi connectivity index (χ1n) is 11.1. The van der Waals surface area contributed by atoms with Crippen LogP contribution in [0, 0.1) is 23.5 Å². The zero-order chi connectivity index (χ0) is 22.2. The Labute approximate surface area is 180 Å². The van der Waals surface area contributed by atoms with Crippen molar-refractivity contribution in [3.63, 3.8) is 0 Å². The van der Waals surface area contributed by atoms with Crippen molar-refractivity contribution in [2.24, 2.45) is 11.8 Å². The Kier molecular flexibility index (Phi) is 6.23. The van der Waals surface area contributed by atoms with Gasteiger partial charge in [0.05, 0.1) is 11.1 Å². The number of hydrogen-bond acceptors (Lipinski definition) is 0. The molecule has 1 saturated carbocycles. The van der Waals surface area contributed by atoms with Crippen LogP contribution < -0.4 is 0 Å². The predicted octanol–water partition coefficient (Wildman–Crippen LogP) is 8.45. The van der Waals surface area contributed by atoms with Gasteiger partial charge in [0.2, 0.25) is 0 Å². The fraction of sp³-hybridized carbons (Fsp3) is 0.462. The molecule has 2 aliphatic carbocycles. The molecule has 0 nitrogen and oxygen atoms in total. The zero-order valence-electron chi connectivity index (χ0n) is 17.6. The van der Waals surface area contributed by atoms with Crippen molar-refractivity contribution < 1.29 is 22.0 Å². The highest BCUT2D eigenvalue weighted by molar-refractivity contribution is 5.67. The number of benzene rings is 2. The van der Waals surface area contributed by atoms with Crippen LogP contribution in [0.1, 0.15) is 68.1 Å². The topological polar surface area (TPSA) is 0 Å². The highest BCUT2D eigenvalue weighted by atomic mass is 19.4. The van der Waals surface area contributed by atoms with Crippen LogP contribution in [0.4, 0.5) is 22.0 Å². The van der Waals surface area contributed by atoms with E-state index in [0.29, 0.717) is 23.8 Å². The van der Waals surface area contributed by atoms with Gasteiger partial charge in [-0.3, -0.25) is 0 Å². The van der Waals surface area contributed by atoms with E-state index in [1.165, 1.54) is 6.07 Å². The van der Waals surface area contributed by atoms with Gasteiger partial charge < -0.3 is 0 Å². The first-order valence-corrected chi connectivity index (χ1v) is 11.1. The Morgan fingerprint density at radius 1 is 1.03 bits per heavy atom. The Balaban J connectivity index is 1.61. The molecule has 0 N–H and O–H groups in total. The summed E-state index contributed by atoms with van der Waals surface area (Å²) in [5.74, 6) is -0.186. The third kappa shape index (κ3) is 4.42. The van der Waals surface area contributed by atoms with Crippen LogP contribution >= 0.6 is 0 Å². The lowest BCUT2D eigenvalue weighted by atomic mass is 9.65. The van der Waals surface area contributed by atoms with Crippen molar-refractivity contribution in [3.05, 3.63) is 70.8 Å². The number of hydrogen-bond donors (Lipinski definition) is 0. The maximum atomic E-state index is 15.4. The second-order valence-electron chi connectivity index (χ2n) is 8.89. The van der Waals surface area contributed by atoms with Crippen molar-refractivity contribution in [2.45, 2.75) is 64.0 Å². The highest BCUT2D eigenvalue weighted by Crippen LogP contribution is 2.49. The van der Waals surface area contributed by atoms with Gasteiger partial charge >= 0.3 is 6.18 Å². The highest BCUT2D eigenvalue weighted by Gasteiger charge is 2.37. The number of fused-ring (bicyclic) bond motifs is 3. The van der Waals surface area contributed by atoms with Gasteiger partial charge in [0.25, 0.3) is 0 Å². The first kappa shape index (κ1) is 22.0. The SMILES string of the molecule is CCC/C=C/[C@@H]1CC[C@@H]2c3cc(F)c(-c4ccc(C(F)(F)F)cc4)c(F)c3CC[C@@H]2C1. The molecule has 0 radical (unpaired) electrons. The molecule has 2 aromatic carbocycles. The molecule has 3 atom stereocenters. The van der Waals surface area contributed by atoms with E-state index in [9.17, 15) is 13.2 Å². The Hall–Kier alpha value is -2.17. The third-order valence-electron chi connectivity index (χ3n) is 6.91. The van der Waals surface area contributed by atoms with Gasteiger partial charge in [0, 0.05) is 0 Å². The lowest BCUT2D eigenvalue weighted by Gasteiger charge is -2.40. The smallest absolute Gasteiger partial charge is 0.206 e. The van der Waals surface area contributed by atoms with E-state index in [1.807, 2.05) is 0 Å². The molecule has 0 aliphatic heterocycles. The Bertz CT molecular complexity index is 955. The summed E-state index contributed by atoms with van der Waals surface area (Å²) < 4.78 is 68.9. The van der Waals surface area contributed by atoms with E-state index >= 15 is 8.78 Å². The molecule has 0 aromatic heterocycles. The second kappa shape index (κ2) is 8.76. The van der Waals surface area contributed by atoms with Crippen LogP contribution in [0.3, 0.4) is 0 Å². The summed E-state index contributed by atoms with van der Waals surface area (Å²) in [7, 11) is 0. The first-order chi connectivity index (χ1) is 14.8. The summed E-state index contributed by atoms with van der Waals surface area (Å²) in [6.45, 7) is 2.15. The van der Waals surface area contributed by atoms with Gasteiger partial charge in [-0.1, -0.05) is 37.6 Å². The van der Waals surface area contributed by atoms with Crippen molar-refractivity contribution in [3.8, 4) is 11.1 Å². The van der Waals surface area contributed by atoms with Crippen LogP contribution in [0.15, 0.2) is 42.5 Å². The number of halogens is 5. The molecule has 166 valence electrons. The van der Waals surface area contributed by atoms with E-state index < -0.39 is 23.4 Å². The summed E-state index contributed by atoms with van der Waals surface area (Å²) in [6, 6.07) is 5.48. The maximum Gasteiger partial charge on any atom is 0.416 e. The van der Waals surface area contributed by atoms with E-state index in [2.05, 4.69) is 19.1 Å². The van der Waals surface area contributed by atoms with E-state index in [0.717, 1.165) is 68.4 Å². The van der Waals surface area contributed by atoms with Crippen molar-refractivity contribution in [1.29, 1.82) is 0 Å². The molecule has 4 rings (SSSR count). The van der Waals surface area contributed by atoms with Crippen molar-refractivity contribution >= 4 is 0 Å². The summed E-state index contributed by atoms with van der Waals surface area (Å²) in [6.07, 6.45) is 6.67. The van der Waals surface area contributed by atoms with Crippen LogP contribution in [-0.4, -0.2) is 0 Å². The van der Waals surface area contributed by atoms with E-state index in [4.69, 9.17) is 0 Å². The van der Waals surface area contributed by atoms with Crippen molar-refractivity contribution in [1.82, 2.24) is 0 Å². The van der Waals surface area contributed by atoms with E-state index in [-0.39, 0.29) is 17.0 Å². The van der Waals surface area contributed by atoms with Gasteiger partial charge in [0.15, 0.2) is 0 Å². The fourth-order valence-electron chi connectivity index (χ4n) is 5.34. The molecule has 5 heteroatoms. The molecule has 0 saturated heterocycles. The van der Waals surface area contributed by atoms with Crippen molar-refractivity contribution in [2.75, 3.05) is 0 Å². The number of allylic oxidation sites excluding steroid dienone is 2. The minimum atomic E-state index is -4.48. The minimum absolute atomic E-state index is 0.137. The van der Waals surface area contributed by atoms with Crippen LogP contribution in [0.5, 0.6) is 0 Å². The monoisotopic (exact) mass is 434 g/mol. The second-order valence-corrected chi connectivity index (χ2v) is 8.89. The van der Waals surface area contributed by atoms with E-state index in [1.54, 1.807) is 0 Å². The fourth-order valence-corrected chi connectivity index (χ4v) is 5.34. The molecule has 0 amide bonds. The normalized spacial score (nSPS) is 23.6. The molecule has 1 fully saturated rings. The summed E-state index contributed by atoms with van der Waals surface area (Å²) in [5.41, 5.74) is 0.387. The molecular formula is C26H27F5.